The lowest BCUT2D eigenvalue weighted by Crippen LogP contribution is -2.03. The molecule has 4 N–H and O–H groups in total. The van der Waals surface area contributed by atoms with E-state index in [0.717, 1.165) is 22.3 Å². The van der Waals surface area contributed by atoms with Crippen molar-refractivity contribution >= 4 is 40.8 Å². The predicted octanol–water partition coefficient (Wildman–Crippen LogP) is 5.90. The van der Waals surface area contributed by atoms with Gasteiger partial charge in [-0.15, -0.1) is 0 Å². The summed E-state index contributed by atoms with van der Waals surface area (Å²) in [5, 5.41) is 22.5. The van der Waals surface area contributed by atoms with Crippen molar-refractivity contribution in [3.8, 4) is 28.0 Å². The molecule has 0 radical (unpaired) electrons. The number of fused-ring (bicyclic) bond motifs is 1. The smallest absolute Gasteiger partial charge is 0.352 e. The molecule has 0 spiro atoms. The molecule has 1 aliphatic rings. The van der Waals surface area contributed by atoms with Crippen molar-refractivity contribution in [1.82, 2.24) is 4.98 Å². The summed E-state index contributed by atoms with van der Waals surface area (Å²) in [5.74, 6) is -1.15. The number of amides is 1. The van der Waals surface area contributed by atoms with E-state index in [1.54, 1.807) is 24.3 Å². The lowest BCUT2D eigenvalue weighted by atomic mass is 9.96. The minimum Gasteiger partial charge on any atom is -0.507 e. The van der Waals surface area contributed by atoms with E-state index >= 15 is 0 Å². The monoisotopic (exact) mass is 456 g/mol. The van der Waals surface area contributed by atoms with Gasteiger partial charge < -0.3 is 20.5 Å². The molecule has 0 aliphatic carbocycles. The molecular weight excluding hydrogens is 440 g/mol. The van der Waals surface area contributed by atoms with Crippen molar-refractivity contribution in [3.63, 3.8) is 0 Å². The molecule has 1 aliphatic heterocycles. The van der Waals surface area contributed by atoms with Crippen LogP contribution in [0, 0.1) is 0 Å². The number of rotatable bonds is 4. The quantitative estimate of drug-likeness (QED) is 0.287. The van der Waals surface area contributed by atoms with Gasteiger partial charge in [0, 0.05) is 28.5 Å². The number of hydrogen-bond donors (Lipinski definition) is 4. The van der Waals surface area contributed by atoms with Crippen LogP contribution in [0.25, 0.3) is 33.9 Å². The van der Waals surface area contributed by atoms with Gasteiger partial charge in [0.25, 0.3) is 5.91 Å². The van der Waals surface area contributed by atoms with E-state index in [0.29, 0.717) is 27.4 Å². The molecule has 6 nitrogen and oxygen atoms in total. The van der Waals surface area contributed by atoms with E-state index in [4.69, 9.17) is 16.7 Å². The lowest BCUT2D eigenvalue weighted by Gasteiger charge is -2.10. The molecule has 1 amide bonds. The predicted molar refractivity (Wildman–Crippen MR) is 128 cm³/mol. The first-order valence-electron chi connectivity index (χ1n) is 10.1. The van der Waals surface area contributed by atoms with Crippen LogP contribution in [0.15, 0.2) is 72.9 Å². The molecule has 7 heteroatoms. The number of carboxylic acid groups (broad SMARTS) is 1. The molecule has 0 saturated carbocycles. The summed E-state index contributed by atoms with van der Waals surface area (Å²) in [5.41, 5.74) is 5.53. The number of carboxylic acids is 1. The molecule has 0 bridgehead atoms. The van der Waals surface area contributed by atoms with Gasteiger partial charge in [0.15, 0.2) is 0 Å². The first kappa shape index (κ1) is 20.6. The second-order valence-corrected chi connectivity index (χ2v) is 8.04. The van der Waals surface area contributed by atoms with Gasteiger partial charge in [0.05, 0.1) is 10.7 Å². The van der Waals surface area contributed by atoms with Crippen molar-refractivity contribution in [2.24, 2.45) is 0 Å². The number of aromatic amines is 1. The Hall–Kier alpha value is -4.29. The number of benzene rings is 3. The highest BCUT2D eigenvalue weighted by atomic mass is 35.5. The van der Waals surface area contributed by atoms with Crippen LogP contribution in [-0.2, 0) is 4.79 Å². The molecular formula is C26H17ClN2O4. The van der Waals surface area contributed by atoms with Crippen LogP contribution >= 0.6 is 11.6 Å². The minimum atomic E-state index is -1.07. The van der Waals surface area contributed by atoms with E-state index in [2.05, 4.69) is 10.3 Å². The number of phenolic OH excluding ortho intramolecular Hbond substituents is 1. The molecule has 0 unspecified atom stereocenters. The minimum absolute atomic E-state index is 0.0433. The SMILES string of the molecule is O=C1Nc2cc(Cl)c(-c3ccc(-c4ccccc4O)cc3)cc2C1=Cc1c[nH]c(C(=O)O)c1. The van der Waals surface area contributed by atoms with Gasteiger partial charge in [-0.3, -0.25) is 4.79 Å². The number of carbonyl (C=O) groups is 2. The Bertz CT molecular complexity index is 1450. The van der Waals surface area contributed by atoms with E-state index in [9.17, 15) is 14.7 Å². The fraction of sp³-hybridized carbons (Fsp3) is 0. The molecule has 0 atom stereocenters. The van der Waals surface area contributed by atoms with Crippen LogP contribution in [0.4, 0.5) is 5.69 Å². The van der Waals surface area contributed by atoms with Crippen molar-refractivity contribution in [2.45, 2.75) is 0 Å². The Labute approximate surface area is 193 Å². The van der Waals surface area contributed by atoms with Gasteiger partial charge >= 0.3 is 5.97 Å². The zero-order valence-corrected chi connectivity index (χ0v) is 17.9. The Kier molecular flexibility index (Phi) is 4.99. The van der Waals surface area contributed by atoms with Crippen LogP contribution in [0.3, 0.4) is 0 Å². The van der Waals surface area contributed by atoms with Gasteiger partial charge in [-0.1, -0.05) is 54.1 Å². The van der Waals surface area contributed by atoms with Crippen LogP contribution < -0.4 is 5.32 Å². The number of H-pyrrole nitrogens is 1. The maximum atomic E-state index is 12.6. The topological polar surface area (TPSA) is 102 Å². The van der Waals surface area contributed by atoms with Crippen LogP contribution in [0.1, 0.15) is 21.6 Å². The van der Waals surface area contributed by atoms with Crippen molar-refractivity contribution in [1.29, 1.82) is 0 Å². The number of aromatic hydroxyl groups is 1. The summed E-state index contributed by atoms with van der Waals surface area (Å²) < 4.78 is 0. The van der Waals surface area contributed by atoms with Crippen LogP contribution in [-0.4, -0.2) is 27.1 Å². The number of hydrogen-bond acceptors (Lipinski definition) is 3. The molecule has 1 aromatic heterocycles. The van der Waals surface area contributed by atoms with Gasteiger partial charge in [-0.25, -0.2) is 4.79 Å². The maximum Gasteiger partial charge on any atom is 0.352 e. The molecule has 0 fully saturated rings. The first-order chi connectivity index (χ1) is 15.9. The Morgan fingerprint density at radius 2 is 1.61 bits per heavy atom. The number of aromatic carboxylic acids is 1. The number of phenols is 1. The number of aromatic nitrogens is 1. The summed E-state index contributed by atoms with van der Waals surface area (Å²) in [7, 11) is 0. The molecule has 0 saturated heterocycles. The summed E-state index contributed by atoms with van der Waals surface area (Å²) in [4.78, 5) is 26.4. The lowest BCUT2D eigenvalue weighted by molar-refractivity contribution is -0.110. The fourth-order valence-electron chi connectivity index (χ4n) is 3.91. The highest BCUT2D eigenvalue weighted by Gasteiger charge is 2.26. The molecule has 5 rings (SSSR count). The number of anilines is 1. The fourth-order valence-corrected chi connectivity index (χ4v) is 4.18. The zero-order chi connectivity index (χ0) is 23.1. The van der Waals surface area contributed by atoms with E-state index < -0.39 is 5.97 Å². The Morgan fingerprint density at radius 1 is 0.909 bits per heavy atom. The molecule has 4 aromatic rings. The number of halogens is 1. The summed E-state index contributed by atoms with van der Waals surface area (Å²) >= 11 is 6.54. The Morgan fingerprint density at radius 3 is 2.27 bits per heavy atom. The van der Waals surface area contributed by atoms with E-state index in [-0.39, 0.29) is 17.4 Å². The standard InChI is InChI=1S/C26H17ClN2O4/c27-21-12-22-19(20(25(31)29-22)9-14-10-23(26(32)33)28-13-14)11-18(21)16-7-5-15(6-8-16)17-3-1-2-4-24(17)30/h1-13,28,30H,(H,29,31)(H,32,33). The van der Waals surface area contributed by atoms with E-state index in [1.807, 2.05) is 42.5 Å². The summed E-state index contributed by atoms with van der Waals surface area (Å²) in [6.45, 7) is 0. The average molecular weight is 457 g/mol. The van der Waals surface area contributed by atoms with E-state index in [1.165, 1.54) is 12.3 Å². The van der Waals surface area contributed by atoms with Gasteiger partial charge in [-0.05, 0) is 47.0 Å². The van der Waals surface area contributed by atoms with Crippen molar-refractivity contribution in [3.05, 3.63) is 94.8 Å². The third-order valence-electron chi connectivity index (χ3n) is 5.55. The highest BCUT2D eigenvalue weighted by Crippen LogP contribution is 2.41. The zero-order valence-electron chi connectivity index (χ0n) is 17.1. The van der Waals surface area contributed by atoms with Crippen molar-refractivity contribution in [2.75, 3.05) is 5.32 Å². The van der Waals surface area contributed by atoms with Crippen LogP contribution in [0.5, 0.6) is 5.75 Å². The molecule has 3 aromatic carbocycles. The average Bonchev–Trinajstić information content (AvgIpc) is 3.39. The summed E-state index contributed by atoms with van der Waals surface area (Å²) in [6, 6.07) is 19.8. The van der Waals surface area contributed by atoms with Crippen LogP contribution in [0.2, 0.25) is 5.02 Å². The highest BCUT2D eigenvalue weighted by molar-refractivity contribution is 6.38. The molecule has 33 heavy (non-hydrogen) atoms. The number of nitrogens with one attached hydrogen (secondary N) is 2. The largest absolute Gasteiger partial charge is 0.507 e. The second-order valence-electron chi connectivity index (χ2n) is 7.64. The summed E-state index contributed by atoms with van der Waals surface area (Å²) in [6.07, 6.45) is 3.18. The van der Waals surface area contributed by atoms with Crippen molar-refractivity contribution < 1.29 is 19.8 Å². The third kappa shape index (κ3) is 3.77. The number of para-hydroxylation sites is 1. The maximum absolute atomic E-state index is 12.6. The van der Waals surface area contributed by atoms with Gasteiger partial charge in [0.2, 0.25) is 0 Å². The number of carbonyl (C=O) groups excluding carboxylic acids is 1. The normalized spacial score (nSPS) is 13.7. The first-order valence-corrected chi connectivity index (χ1v) is 10.5. The third-order valence-corrected chi connectivity index (χ3v) is 5.86. The van der Waals surface area contributed by atoms with Gasteiger partial charge in [-0.2, -0.15) is 0 Å². The molecule has 162 valence electrons. The van der Waals surface area contributed by atoms with Gasteiger partial charge in [0.1, 0.15) is 11.4 Å². The second kappa shape index (κ2) is 8.00. The molecule has 2 heterocycles. The Balaban J connectivity index is 1.53.